The van der Waals surface area contributed by atoms with Crippen LogP contribution in [-0.2, 0) is 19.0 Å². The van der Waals surface area contributed by atoms with E-state index >= 15 is 0 Å². The van der Waals surface area contributed by atoms with E-state index in [1.165, 1.54) is 5.57 Å². The predicted molar refractivity (Wildman–Crippen MR) is 127 cm³/mol. The van der Waals surface area contributed by atoms with Gasteiger partial charge in [-0.1, -0.05) is 45.4 Å². The van der Waals surface area contributed by atoms with E-state index < -0.39 is 8.32 Å². The quantitative estimate of drug-likeness (QED) is 0.219. The maximum atomic E-state index is 11.1. The van der Waals surface area contributed by atoms with Gasteiger partial charge in [0.1, 0.15) is 6.29 Å². The highest BCUT2D eigenvalue weighted by molar-refractivity contribution is 6.72. The second-order valence-corrected chi connectivity index (χ2v) is 14.3. The molecule has 0 aliphatic rings. The lowest BCUT2D eigenvalue weighted by Gasteiger charge is -2.40. The van der Waals surface area contributed by atoms with Gasteiger partial charge >= 0.3 is 0 Å². The van der Waals surface area contributed by atoms with Crippen molar-refractivity contribution in [2.75, 3.05) is 21.3 Å². The summed E-state index contributed by atoms with van der Waals surface area (Å²) < 4.78 is 17.2. The smallest absolute Gasteiger partial charge is 0.188 e. The molecule has 0 spiro atoms. The molecule has 0 bridgehead atoms. The maximum absolute atomic E-state index is 11.1. The van der Waals surface area contributed by atoms with Crippen molar-refractivity contribution in [2.24, 2.45) is 17.8 Å². The highest BCUT2D eigenvalue weighted by atomic mass is 28.4. The summed E-state index contributed by atoms with van der Waals surface area (Å²) in [6.45, 7) is 18.3. The van der Waals surface area contributed by atoms with Crippen LogP contribution < -0.4 is 0 Å². The van der Waals surface area contributed by atoms with Crippen LogP contribution in [-0.4, -0.2) is 59.0 Å². The van der Waals surface area contributed by atoms with Crippen LogP contribution in [0, 0.1) is 17.8 Å². The highest BCUT2D eigenvalue weighted by Gasteiger charge is 2.41. The molecule has 6 heteroatoms. The van der Waals surface area contributed by atoms with Crippen molar-refractivity contribution in [3.8, 4) is 0 Å². The van der Waals surface area contributed by atoms with Gasteiger partial charge < -0.3 is 23.8 Å². The Morgan fingerprint density at radius 3 is 2.07 bits per heavy atom. The van der Waals surface area contributed by atoms with Gasteiger partial charge in [0.15, 0.2) is 8.32 Å². The molecule has 6 atom stereocenters. The minimum absolute atomic E-state index is 0.0751. The van der Waals surface area contributed by atoms with Crippen LogP contribution in [0.25, 0.3) is 0 Å². The van der Waals surface area contributed by atoms with E-state index in [9.17, 15) is 9.59 Å². The van der Waals surface area contributed by atoms with Gasteiger partial charge in [-0.05, 0) is 37.9 Å². The summed E-state index contributed by atoms with van der Waals surface area (Å²) in [5, 5.41) is -0.190. The Kier molecular flexibility index (Phi) is 12.6. The Bertz CT molecular complexity index is 552. The normalized spacial score (nSPS) is 19.5. The van der Waals surface area contributed by atoms with Gasteiger partial charge in [-0.25, -0.2) is 0 Å². The molecule has 5 nitrogen and oxygen atoms in total. The molecule has 0 rings (SSSR count). The lowest BCUT2D eigenvalue weighted by molar-refractivity contribution is -0.113. The van der Waals surface area contributed by atoms with Crippen LogP contribution in [0.15, 0.2) is 24.3 Å². The van der Waals surface area contributed by atoms with Gasteiger partial charge in [0.25, 0.3) is 0 Å². The number of hydrogen-bond donors (Lipinski definition) is 1. The fraction of sp³-hybridized carbons (Fsp3) is 0.792. The largest absolute Gasteiger partial charge is 0.432 e. The zero-order chi connectivity index (χ0) is 23.7. The van der Waals surface area contributed by atoms with Crippen LogP contribution in [0.2, 0.25) is 18.1 Å². The van der Waals surface area contributed by atoms with E-state index in [2.05, 4.69) is 40.3 Å². The van der Waals surface area contributed by atoms with E-state index in [0.29, 0.717) is 6.42 Å². The summed E-state index contributed by atoms with van der Waals surface area (Å²) in [7, 11) is 2.67. The van der Waals surface area contributed by atoms with Crippen molar-refractivity contribution in [1.82, 2.24) is 0 Å². The van der Waals surface area contributed by atoms with E-state index in [0.717, 1.165) is 12.7 Å². The average Bonchev–Trinajstić information content (AvgIpc) is 2.66. The molecule has 176 valence electrons. The summed E-state index contributed by atoms with van der Waals surface area (Å²) in [4.78, 5) is 21.9. The molecule has 0 aromatic rings. The molecule has 0 heterocycles. The first-order valence-electron chi connectivity index (χ1n) is 10.9. The van der Waals surface area contributed by atoms with E-state index in [4.69, 9.17) is 14.2 Å². The third-order valence-electron chi connectivity index (χ3n) is 6.69. The lowest BCUT2D eigenvalue weighted by atomic mass is 9.83. The van der Waals surface area contributed by atoms with Crippen molar-refractivity contribution in [2.45, 2.75) is 83.9 Å². The van der Waals surface area contributed by atoms with Crippen molar-refractivity contribution in [3.63, 3.8) is 0 Å². The van der Waals surface area contributed by atoms with Gasteiger partial charge in [-0.3, -0.25) is 0 Å². The summed E-state index contributed by atoms with van der Waals surface area (Å²) >= 11 is 0. The molecule has 0 unspecified atom stereocenters. The van der Waals surface area contributed by atoms with Crippen molar-refractivity contribution >= 4 is 14.6 Å². The van der Waals surface area contributed by atoms with E-state index in [1.807, 2.05) is 26.1 Å². The molecule has 0 amide bonds. The lowest BCUT2D eigenvalue weighted by Crippen LogP contribution is -2.42. The number of carbonyl (C=O) groups excluding carboxylic acids is 1. The van der Waals surface area contributed by atoms with E-state index in [-0.39, 0.29) is 41.1 Å². The first-order chi connectivity index (χ1) is 13.8. The van der Waals surface area contributed by atoms with Crippen LogP contribution in [0.4, 0.5) is 0 Å². The molecule has 1 N–H and O–H groups in total. The van der Waals surface area contributed by atoms with Crippen LogP contribution in [0.1, 0.15) is 47.5 Å². The summed E-state index contributed by atoms with van der Waals surface area (Å²) in [6, 6.07) is 0. The van der Waals surface area contributed by atoms with Crippen molar-refractivity contribution in [1.29, 1.82) is 0 Å². The number of ether oxygens (including phenoxy) is 3. The summed E-state index contributed by atoms with van der Waals surface area (Å²) in [5.41, 5.74) is 1.18. The Balaban J connectivity index is 5.85. The van der Waals surface area contributed by atoms with Gasteiger partial charge in [0.05, 0.1) is 18.3 Å². The van der Waals surface area contributed by atoms with Crippen molar-refractivity contribution in [3.05, 3.63) is 24.3 Å². The fourth-order valence-corrected chi connectivity index (χ4v) is 4.60. The predicted octanol–water partition coefficient (Wildman–Crippen LogP) is 5.01. The second kappa shape index (κ2) is 12.9. The number of carbonyl (C=O) groups is 1. The maximum Gasteiger partial charge on any atom is 0.188 e. The van der Waals surface area contributed by atoms with Crippen LogP contribution in [0.5, 0.6) is 0 Å². The third-order valence-corrected chi connectivity index (χ3v) is 10.2. The molecular weight excluding hydrogens is 396 g/mol. The highest BCUT2D eigenvalue weighted by Crippen LogP contribution is 2.44. The molecule has 0 radical (unpaired) electrons. The molecule has 0 aliphatic heterocycles. The molecule has 0 saturated heterocycles. The topological polar surface area (TPSA) is 65.0 Å². The summed E-state index contributed by atoms with van der Waals surface area (Å²) in [6.07, 6.45) is 5.94. The van der Waals surface area contributed by atoms with Crippen LogP contribution in [0.3, 0.4) is 0 Å². The Labute approximate surface area is 186 Å². The Morgan fingerprint density at radius 2 is 1.70 bits per heavy atom. The molecule has 0 saturated carbocycles. The van der Waals surface area contributed by atoms with Gasteiger partial charge in [-0.15, -0.1) is 6.58 Å². The SMILES string of the molecule is C=C[C@H](OC)[C@@H](CC(C)(C)[Si](C)(C)O)/C(C)=C/[C@H](C)[C@@H](OC)[C@H](C[C@H](C)C=O)OC. The van der Waals surface area contributed by atoms with Gasteiger partial charge in [0, 0.05) is 39.1 Å². The molecule has 0 aromatic heterocycles. The zero-order valence-electron chi connectivity index (χ0n) is 20.9. The minimum atomic E-state index is -2.37. The van der Waals surface area contributed by atoms with Gasteiger partial charge in [-0.2, -0.15) is 0 Å². The monoisotopic (exact) mass is 442 g/mol. The first-order valence-corrected chi connectivity index (χ1v) is 13.8. The molecule has 0 aliphatic carbocycles. The number of hydrogen-bond acceptors (Lipinski definition) is 5. The zero-order valence-corrected chi connectivity index (χ0v) is 21.9. The van der Waals surface area contributed by atoms with Crippen molar-refractivity contribution < 1.29 is 23.8 Å². The van der Waals surface area contributed by atoms with Gasteiger partial charge in [0.2, 0.25) is 0 Å². The average molecular weight is 443 g/mol. The molecule has 0 aromatic carbocycles. The Hall–Kier alpha value is -0.793. The first kappa shape index (κ1) is 29.2. The summed E-state index contributed by atoms with van der Waals surface area (Å²) in [5.74, 6) is 0.0798. The number of rotatable bonds is 15. The van der Waals surface area contributed by atoms with Crippen LogP contribution >= 0.6 is 0 Å². The number of aldehydes is 1. The Morgan fingerprint density at radius 1 is 1.13 bits per heavy atom. The second-order valence-electron chi connectivity index (χ2n) is 9.78. The molecular formula is C24H46O5Si. The standard InChI is InChI=1S/C24H46O5Si/c1-12-21(27-7)20(15-24(5,6)30(10,11)26)18(3)14-19(4)23(29-9)22(28-8)13-17(2)16-25/h12,14,16-17,19-23,26H,1,13,15H2,2-11H3/b18-14+/t17-,19-,20-,21-,22-,23+/m0/s1. The third kappa shape index (κ3) is 8.38. The minimum Gasteiger partial charge on any atom is -0.432 e. The fourth-order valence-electron chi connectivity index (χ4n) is 3.89. The van der Waals surface area contributed by atoms with E-state index in [1.54, 1.807) is 21.3 Å². The molecule has 0 fully saturated rings. The molecule has 30 heavy (non-hydrogen) atoms. The number of methoxy groups -OCH3 is 3.